The largest absolute Gasteiger partial charge is 0.306 e. The van der Waals surface area contributed by atoms with E-state index >= 15 is 0 Å². The van der Waals surface area contributed by atoms with E-state index in [1.165, 1.54) is 6.20 Å². The summed E-state index contributed by atoms with van der Waals surface area (Å²) in [4.78, 5) is 3.78. The number of hydrogen-bond acceptors (Lipinski definition) is 1. The highest BCUT2D eigenvalue weighted by Crippen LogP contribution is 2.22. The molecule has 2 heterocycles. The highest BCUT2D eigenvalue weighted by Gasteiger charge is 2.12. The molecule has 13 heavy (non-hydrogen) atoms. The van der Waals surface area contributed by atoms with Crippen LogP contribution >= 0.6 is 15.9 Å². The minimum absolute atomic E-state index is 0.202. The maximum absolute atomic E-state index is 12.2. The smallest absolute Gasteiger partial charge is 0.281 e. The van der Waals surface area contributed by atoms with Gasteiger partial charge in [-0.1, -0.05) is 0 Å². The highest BCUT2D eigenvalue weighted by atomic mass is 79.9. The van der Waals surface area contributed by atoms with Crippen LogP contribution in [0.3, 0.4) is 0 Å². The lowest BCUT2D eigenvalue weighted by molar-refractivity contribution is 0.147. The van der Waals surface area contributed by atoms with Crippen LogP contribution in [0.2, 0.25) is 0 Å². The summed E-state index contributed by atoms with van der Waals surface area (Å²) in [6.45, 7) is 0. The van der Waals surface area contributed by atoms with Gasteiger partial charge in [-0.2, -0.15) is 0 Å². The van der Waals surface area contributed by atoms with Gasteiger partial charge in [0.05, 0.1) is 4.47 Å². The predicted molar refractivity (Wildman–Crippen MR) is 47.8 cm³/mol. The van der Waals surface area contributed by atoms with Crippen molar-refractivity contribution < 1.29 is 8.78 Å². The molecule has 0 bridgehead atoms. The Balaban J connectivity index is 2.68. The average Bonchev–Trinajstić information content (AvgIpc) is 2.49. The lowest BCUT2D eigenvalue weighted by Gasteiger charge is -1.92. The molecule has 0 aliphatic heterocycles. The summed E-state index contributed by atoms with van der Waals surface area (Å²) in [5.74, 6) is 0. The highest BCUT2D eigenvalue weighted by molar-refractivity contribution is 9.10. The molecule has 2 nitrogen and oxygen atoms in total. The Hall–Kier alpha value is -0.970. The molecule has 0 saturated carbocycles. The molecule has 2 aromatic rings. The molecule has 0 aliphatic carbocycles. The molecule has 0 unspecified atom stereocenters. The van der Waals surface area contributed by atoms with Crippen LogP contribution in [0, 0.1) is 0 Å². The third-order valence-electron chi connectivity index (χ3n) is 1.68. The fraction of sp³-hybridized carbons (Fsp3) is 0.125. The van der Waals surface area contributed by atoms with E-state index in [-0.39, 0.29) is 5.69 Å². The van der Waals surface area contributed by atoms with Gasteiger partial charge < -0.3 is 4.40 Å². The van der Waals surface area contributed by atoms with Gasteiger partial charge >= 0.3 is 0 Å². The van der Waals surface area contributed by atoms with Gasteiger partial charge in [0.1, 0.15) is 5.69 Å². The molecule has 2 rings (SSSR count). The molecule has 0 radical (unpaired) electrons. The topological polar surface area (TPSA) is 17.3 Å². The minimum atomic E-state index is -2.52. The van der Waals surface area contributed by atoms with Crippen molar-refractivity contribution in [3.63, 3.8) is 0 Å². The second-order valence-electron chi connectivity index (χ2n) is 2.55. The third-order valence-corrected chi connectivity index (χ3v) is 2.30. The van der Waals surface area contributed by atoms with Gasteiger partial charge in [0.2, 0.25) is 0 Å². The van der Waals surface area contributed by atoms with Crippen molar-refractivity contribution in [3.05, 3.63) is 34.7 Å². The fourth-order valence-electron chi connectivity index (χ4n) is 1.10. The molecule has 0 saturated heterocycles. The van der Waals surface area contributed by atoms with E-state index in [2.05, 4.69) is 20.9 Å². The van der Waals surface area contributed by atoms with Gasteiger partial charge in [-0.3, -0.25) is 0 Å². The van der Waals surface area contributed by atoms with Crippen LogP contribution in [0.4, 0.5) is 8.78 Å². The summed E-state index contributed by atoms with van der Waals surface area (Å²) >= 11 is 3.23. The van der Waals surface area contributed by atoms with E-state index in [1.807, 2.05) is 0 Å². The molecule has 0 aromatic carbocycles. The van der Waals surface area contributed by atoms with Gasteiger partial charge in [0, 0.05) is 12.4 Å². The molecular weight excluding hydrogens is 242 g/mol. The SMILES string of the molecule is FC(F)c1cn2cccc(Br)c2n1. The van der Waals surface area contributed by atoms with Gasteiger partial charge in [0.25, 0.3) is 6.43 Å². The van der Waals surface area contributed by atoms with E-state index < -0.39 is 6.43 Å². The number of rotatable bonds is 1. The van der Waals surface area contributed by atoms with Crippen molar-refractivity contribution >= 4 is 21.6 Å². The lowest BCUT2D eigenvalue weighted by atomic mass is 10.5. The zero-order valence-electron chi connectivity index (χ0n) is 6.42. The Labute approximate surface area is 81.3 Å². The summed E-state index contributed by atoms with van der Waals surface area (Å²) in [5.41, 5.74) is 0.310. The van der Waals surface area contributed by atoms with Gasteiger partial charge in [-0.15, -0.1) is 0 Å². The van der Waals surface area contributed by atoms with Crippen LogP contribution in [0.5, 0.6) is 0 Å². The van der Waals surface area contributed by atoms with E-state index in [9.17, 15) is 8.78 Å². The Bertz CT molecular complexity index is 439. The van der Waals surface area contributed by atoms with Gasteiger partial charge in [-0.05, 0) is 28.1 Å². The number of halogens is 3. The molecule has 0 fully saturated rings. The number of nitrogens with zero attached hydrogens (tertiary/aromatic N) is 2. The summed E-state index contributed by atoms with van der Waals surface area (Å²) < 4.78 is 26.8. The van der Waals surface area contributed by atoms with Gasteiger partial charge in [-0.25, -0.2) is 13.8 Å². The Kier molecular flexibility index (Phi) is 2.03. The van der Waals surface area contributed by atoms with Crippen LogP contribution in [0.1, 0.15) is 12.1 Å². The molecule has 0 atom stereocenters. The second kappa shape index (κ2) is 3.06. The van der Waals surface area contributed by atoms with Crippen LogP contribution < -0.4 is 0 Å². The Morgan fingerprint density at radius 1 is 1.46 bits per heavy atom. The predicted octanol–water partition coefficient (Wildman–Crippen LogP) is 3.03. The van der Waals surface area contributed by atoms with Crippen LogP contribution in [-0.2, 0) is 0 Å². The molecule has 0 spiro atoms. The van der Waals surface area contributed by atoms with Crippen LogP contribution in [0.25, 0.3) is 5.65 Å². The van der Waals surface area contributed by atoms with Crippen molar-refractivity contribution in [1.29, 1.82) is 0 Å². The minimum Gasteiger partial charge on any atom is -0.306 e. The summed E-state index contributed by atoms with van der Waals surface area (Å²) in [7, 11) is 0. The first-order chi connectivity index (χ1) is 6.18. The number of fused-ring (bicyclic) bond motifs is 1. The van der Waals surface area contributed by atoms with Gasteiger partial charge in [0.15, 0.2) is 5.65 Å². The van der Waals surface area contributed by atoms with Crippen molar-refractivity contribution in [2.45, 2.75) is 6.43 Å². The maximum atomic E-state index is 12.2. The van der Waals surface area contributed by atoms with Crippen molar-refractivity contribution in [3.8, 4) is 0 Å². The van der Waals surface area contributed by atoms with Crippen LogP contribution in [-0.4, -0.2) is 9.38 Å². The Morgan fingerprint density at radius 2 is 2.23 bits per heavy atom. The van der Waals surface area contributed by atoms with Crippen molar-refractivity contribution in [1.82, 2.24) is 9.38 Å². The molecular formula is C8H5BrF2N2. The van der Waals surface area contributed by atoms with Crippen LogP contribution in [0.15, 0.2) is 29.0 Å². The van der Waals surface area contributed by atoms with E-state index in [1.54, 1.807) is 22.7 Å². The number of hydrogen-bond donors (Lipinski definition) is 0. The molecule has 2 aromatic heterocycles. The molecule has 68 valence electrons. The molecule has 0 aliphatic rings. The zero-order valence-corrected chi connectivity index (χ0v) is 8.00. The summed E-state index contributed by atoms with van der Waals surface area (Å²) in [5, 5.41) is 0. The normalized spacial score (nSPS) is 11.4. The number of imidazole rings is 1. The van der Waals surface area contributed by atoms with E-state index in [0.717, 1.165) is 0 Å². The van der Waals surface area contributed by atoms with E-state index in [0.29, 0.717) is 10.1 Å². The number of aromatic nitrogens is 2. The third kappa shape index (κ3) is 1.44. The quantitative estimate of drug-likeness (QED) is 0.757. The van der Waals surface area contributed by atoms with Crippen molar-refractivity contribution in [2.75, 3.05) is 0 Å². The standard InChI is InChI=1S/C8H5BrF2N2/c9-5-2-1-3-13-4-6(7(10)11)12-8(5)13/h1-4,7H. The first kappa shape index (κ1) is 8.62. The van der Waals surface area contributed by atoms with Crippen molar-refractivity contribution in [2.24, 2.45) is 0 Å². The monoisotopic (exact) mass is 246 g/mol. The number of alkyl halides is 2. The number of pyridine rings is 1. The summed E-state index contributed by atoms with van der Waals surface area (Å²) in [6.07, 6.45) is 0.482. The first-order valence-electron chi connectivity index (χ1n) is 3.60. The summed E-state index contributed by atoms with van der Waals surface area (Å²) in [6, 6.07) is 3.52. The zero-order chi connectivity index (χ0) is 9.42. The second-order valence-corrected chi connectivity index (χ2v) is 3.41. The molecule has 0 N–H and O–H groups in total. The first-order valence-corrected chi connectivity index (χ1v) is 4.39. The fourth-order valence-corrected chi connectivity index (χ4v) is 1.55. The molecule has 5 heteroatoms. The lowest BCUT2D eigenvalue weighted by Crippen LogP contribution is -1.81. The Morgan fingerprint density at radius 3 is 2.85 bits per heavy atom. The maximum Gasteiger partial charge on any atom is 0.281 e. The molecule has 0 amide bonds. The average molecular weight is 247 g/mol. The van der Waals surface area contributed by atoms with E-state index in [4.69, 9.17) is 0 Å².